The van der Waals surface area contributed by atoms with Crippen LogP contribution in [0.4, 0.5) is 10.1 Å². The second kappa shape index (κ2) is 10.3. The van der Waals surface area contributed by atoms with Gasteiger partial charge < -0.3 is 15.0 Å². The molecule has 1 aliphatic rings. The number of ether oxygens (including phenoxy) is 1. The quantitative estimate of drug-likeness (QED) is 0.350. The van der Waals surface area contributed by atoms with Gasteiger partial charge in [-0.1, -0.05) is 54.2 Å². The molecule has 0 aromatic heterocycles. The number of hydrogen-bond acceptors (Lipinski definition) is 4. The van der Waals surface area contributed by atoms with E-state index in [1.807, 2.05) is 48.5 Å². The van der Waals surface area contributed by atoms with Crippen LogP contribution in [-0.4, -0.2) is 18.9 Å². The number of rotatable bonds is 6. The van der Waals surface area contributed by atoms with Gasteiger partial charge in [0.2, 0.25) is 0 Å². The van der Waals surface area contributed by atoms with Crippen LogP contribution in [-0.2, 0) is 13.1 Å². The number of carbonyl (C=O) groups excluding carboxylic acids is 2. The van der Waals surface area contributed by atoms with Crippen LogP contribution in [0.2, 0.25) is 0 Å². The van der Waals surface area contributed by atoms with Crippen molar-refractivity contribution in [2.75, 3.05) is 12.0 Å². The van der Waals surface area contributed by atoms with Crippen molar-refractivity contribution in [3.05, 3.63) is 119 Å². The number of carbonyl (C=O) groups is 2. The molecule has 180 valence electrons. The van der Waals surface area contributed by atoms with Crippen molar-refractivity contribution in [2.45, 2.75) is 22.9 Å². The third kappa shape index (κ3) is 4.83. The average Bonchev–Trinajstić information content (AvgIpc) is 3.02. The normalized spacial score (nSPS) is 12.4. The van der Waals surface area contributed by atoms with E-state index in [0.29, 0.717) is 28.9 Å². The van der Waals surface area contributed by atoms with Crippen molar-refractivity contribution in [3.8, 4) is 5.75 Å². The monoisotopic (exact) mass is 498 g/mol. The maximum absolute atomic E-state index is 14.5. The molecule has 0 atom stereocenters. The van der Waals surface area contributed by atoms with Crippen LogP contribution in [0, 0.1) is 5.82 Å². The van der Waals surface area contributed by atoms with Gasteiger partial charge in [-0.2, -0.15) is 0 Å². The molecule has 0 unspecified atom stereocenters. The highest BCUT2D eigenvalue weighted by Crippen LogP contribution is 2.42. The molecule has 0 fully saturated rings. The second-order valence-corrected chi connectivity index (χ2v) is 9.38. The van der Waals surface area contributed by atoms with Gasteiger partial charge in [-0.25, -0.2) is 4.39 Å². The minimum absolute atomic E-state index is 0.0460. The van der Waals surface area contributed by atoms with E-state index >= 15 is 0 Å². The van der Waals surface area contributed by atoms with Crippen LogP contribution in [0.25, 0.3) is 0 Å². The van der Waals surface area contributed by atoms with Crippen LogP contribution in [0.1, 0.15) is 31.8 Å². The van der Waals surface area contributed by atoms with Gasteiger partial charge in [0, 0.05) is 27.5 Å². The summed E-state index contributed by atoms with van der Waals surface area (Å²) in [5.74, 6) is -0.145. The first-order chi connectivity index (χ1) is 17.5. The summed E-state index contributed by atoms with van der Waals surface area (Å²) in [4.78, 5) is 29.8. The summed E-state index contributed by atoms with van der Waals surface area (Å²) in [7, 11) is 1.60. The van der Waals surface area contributed by atoms with E-state index in [9.17, 15) is 14.0 Å². The molecular weight excluding hydrogens is 475 g/mol. The van der Waals surface area contributed by atoms with Crippen LogP contribution in [0.15, 0.2) is 101 Å². The van der Waals surface area contributed by atoms with E-state index in [2.05, 4.69) is 5.32 Å². The van der Waals surface area contributed by atoms with Crippen molar-refractivity contribution in [1.29, 1.82) is 0 Å². The summed E-state index contributed by atoms with van der Waals surface area (Å²) < 4.78 is 19.7. The van der Waals surface area contributed by atoms with E-state index in [0.717, 1.165) is 21.1 Å². The Labute approximate surface area is 212 Å². The Kier molecular flexibility index (Phi) is 6.73. The lowest BCUT2D eigenvalue weighted by molar-refractivity contribution is 0.0947. The Morgan fingerprint density at radius 2 is 1.69 bits per heavy atom. The number of amides is 2. The minimum atomic E-state index is -0.384. The summed E-state index contributed by atoms with van der Waals surface area (Å²) in [6.07, 6.45) is 0. The van der Waals surface area contributed by atoms with E-state index in [-0.39, 0.29) is 24.2 Å². The largest absolute Gasteiger partial charge is 0.497 e. The van der Waals surface area contributed by atoms with E-state index in [1.54, 1.807) is 48.4 Å². The lowest BCUT2D eigenvalue weighted by atomic mass is 10.1. The zero-order chi connectivity index (χ0) is 25.1. The molecule has 0 saturated heterocycles. The van der Waals surface area contributed by atoms with Gasteiger partial charge in [-0.3, -0.25) is 9.59 Å². The van der Waals surface area contributed by atoms with Gasteiger partial charge in [-0.05, 0) is 54.1 Å². The Morgan fingerprint density at radius 1 is 0.944 bits per heavy atom. The Balaban J connectivity index is 1.47. The molecule has 1 heterocycles. The first-order valence-electron chi connectivity index (χ1n) is 11.4. The maximum atomic E-state index is 14.5. The third-order valence-electron chi connectivity index (χ3n) is 5.99. The molecule has 2 amide bonds. The summed E-state index contributed by atoms with van der Waals surface area (Å²) >= 11 is 1.46. The zero-order valence-electron chi connectivity index (χ0n) is 19.5. The molecular formula is C29H23FN2O3S. The van der Waals surface area contributed by atoms with Gasteiger partial charge in [0.05, 0.1) is 24.9 Å². The summed E-state index contributed by atoms with van der Waals surface area (Å²) in [5, 5.41) is 2.93. The number of nitrogens with one attached hydrogen (secondary N) is 1. The summed E-state index contributed by atoms with van der Waals surface area (Å²) in [5.41, 5.74) is 2.86. The molecule has 36 heavy (non-hydrogen) atoms. The predicted molar refractivity (Wildman–Crippen MR) is 138 cm³/mol. The fourth-order valence-corrected chi connectivity index (χ4v) is 5.10. The molecule has 5 nitrogen and oxygen atoms in total. The molecule has 0 aliphatic carbocycles. The summed E-state index contributed by atoms with van der Waals surface area (Å²) in [6, 6.07) is 26.5. The smallest absolute Gasteiger partial charge is 0.259 e. The van der Waals surface area contributed by atoms with Crippen molar-refractivity contribution in [2.24, 2.45) is 0 Å². The van der Waals surface area contributed by atoms with Crippen LogP contribution >= 0.6 is 11.8 Å². The summed E-state index contributed by atoms with van der Waals surface area (Å²) in [6.45, 7) is 0.391. The Morgan fingerprint density at radius 3 is 2.47 bits per heavy atom. The van der Waals surface area contributed by atoms with Crippen LogP contribution in [0.5, 0.6) is 5.75 Å². The number of hydrogen-bond donors (Lipinski definition) is 1. The lowest BCUT2D eigenvalue weighted by Gasteiger charge is -2.24. The number of anilines is 1. The highest BCUT2D eigenvalue weighted by Gasteiger charge is 2.28. The molecule has 7 heteroatoms. The fraction of sp³-hybridized carbons (Fsp3) is 0.103. The van der Waals surface area contributed by atoms with Gasteiger partial charge in [-0.15, -0.1) is 0 Å². The molecule has 1 aliphatic heterocycles. The SMILES string of the molecule is COc1ccc(CNC(=O)c2ccc3c(c2)N(Cc2ccccc2F)C(=O)c2ccccc2S3)cc1. The molecule has 0 spiro atoms. The van der Waals surface area contributed by atoms with Crippen molar-refractivity contribution in [1.82, 2.24) is 5.32 Å². The number of benzene rings is 4. The molecule has 5 rings (SSSR count). The van der Waals surface area contributed by atoms with E-state index in [4.69, 9.17) is 4.74 Å². The fourth-order valence-electron chi connectivity index (χ4n) is 4.04. The van der Waals surface area contributed by atoms with Crippen LogP contribution in [0.3, 0.4) is 0 Å². The Hall–Kier alpha value is -4.10. The van der Waals surface area contributed by atoms with E-state index in [1.165, 1.54) is 17.8 Å². The van der Waals surface area contributed by atoms with Gasteiger partial charge in [0.25, 0.3) is 11.8 Å². The average molecular weight is 499 g/mol. The molecule has 1 N–H and O–H groups in total. The lowest BCUT2D eigenvalue weighted by Crippen LogP contribution is -2.31. The third-order valence-corrected chi connectivity index (χ3v) is 7.13. The first kappa shape index (κ1) is 23.6. The van der Waals surface area contributed by atoms with Gasteiger partial charge in [0.1, 0.15) is 11.6 Å². The standard InChI is InChI=1S/C29H23FN2O3S/c1-35-22-13-10-19(11-14-22)17-31-28(33)20-12-15-27-25(16-20)32(18-21-6-2-4-8-24(21)30)29(34)23-7-3-5-9-26(23)36-27/h2-16H,17-18H2,1H3,(H,31,33). The topological polar surface area (TPSA) is 58.6 Å². The van der Waals surface area contributed by atoms with Crippen molar-refractivity contribution < 1.29 is 18.7 Å². The second-order valence-electron chi connectivity index (χ2n) is 8.29. The van der Waals surface area contributed by atoms with Gasteiger partial charge in [0.15, 0.2) is 0 Å². The number of nitrogens with zero attached hydrogens (tertiary/aromatic N) is 1. The molecule has 4 aromatic carbocycles. The number of methoxy groups -OCH3 is 1. The number of halogens is 1. The van der Waals surface area contributed by atoms with Crippen molar-refractivity contribution in [3.63, 3.8) is 0 Å². The van der Waals surface area contributed by atoms with E-state index < -0.39 is 0 Å². The van der Waals surface area contributed by atoms with Gasteiger partial charge >= 0.3 is 0 Å². The predicted octanol–water partition coefficient (Wildman–Crippen LogP) is 6.08. The Bertz CT molecular complexity index is 1440. The molecule has 0 bridgehead atoms. The highest BCUT2D eigenvalue weighted by molar-refractivity contribution is 7.99. The molecule has 0 saturated carbocycles. The highest BCUT2D eigenvalue weighted by atomic mass is 32.2. The van der Waals surface area contributed by atoms with Crippen molar-refractivity contribution >= 4 is 29.3 Å². The first-order valence-corrected chi connectivity index (χ1v) is 12.2. The molecule has 0 radical (unpaired) electrons. The number of fused-ring (bicyclic) bond motifs is 2. The molecule has 4 aromatic rings. The van der Waals surface area contributed by atoms with Crippen LogP contribution < -0.4 is 15.0 Å². The zero-order valence-corrected chi connectivity index (χ0v) is 20.3. The maximum Gasteiger partial charge on any atom is 0.259 e. The minimum Gasteiger partial charge on any atom is -0.497 e.